The van der Waals surface area contributed by atoms with Crippen LogP contribution in [0.2, 0.25) is 0 Å². The van der Waals surface area contributed by atoms with E-state index in [1.165, 1.54) is 28.8 Å². The molecule has 2 heteroatoms. The zero-order chi connectivity index (χ0) is 14.8. The summed E-state index contributed by atoms with van der Waals surface area (Å²) in [6.07, 6.45) is 3.38. The van der Waals surface area contributed by atoms with E-state index in [1.54, 1.807) is 0 Å². The van der Waals surface area contributed by atoms with Gasteiger partial charge in [-0.05, 0) is 61.9 Å². The Balaban J connectivity index is 1.89. The highest BCUT2D eigenvalue weighted by atomic mass is 15.2. The Morgan fingerprint density at radius 1 is 1.14 bits per heavy atom. The number of benzene rings is 2. The fourth-order valence-corrected chi connectivity index (χ4v) is 3.59. The largest absolute Gasteiger partial charge is 0.398 e. The van der Waals surface area contributed by atoms with Crippen molar-refractivity contribution in [2.24, 2.45) is 0 Å². The highest BCUT2D eigenvalue weighted by Crippen LogP contribution is 2.31. The molecule has 2 aromatic rings. The number of likely N-dealkylation sites (N-methyl/N-ethyl adjacent to an activating group) is 1. The Hall–Kier alpha value is -1.96. The van der Waals surface area contributed by atoms with Gasteiger partial charge in [-0.15, -0.1) is 0 Å². The zero-order valence-corrected chi connectivity index (χ0v) is 13.0. The summed E-state index contributed by atoms with van der Waals surface area (Å²) in [6.45, 7) is 5.50. The van der Waals surface area contributed by atoms with Crippen molar-refractivity contribution < 1.29 is 0 Å². The van der Waals surface area contributed by atoms with Crippen LogP contribution >= 0.6 is 0 Å². The maximum atomic E-state index is 6.12. The first-order valence-corrected chi connectivity index (χ1v) is 7.89. The van der Waals surface area contributed by atoms with Crippen LogP contribution in [0.4, 0.5) is 11.4 Å². The van der Waals surface area contributed by atoms with Gasteiger partial charge < -0.3 is 10.6 Å². The van der Waals surface area contributed by atoms with Crippen LogP contribution in [0.25, 0.3) is 0 Å². The molecule has 0 spiro atoms. The molecule has 2 aromatic carbocycles. The lowest BCUT2D eigenvalue weighted by atomic mass is 9.86. The van der Waals surface area contributed by atoms with Gasteiger partial charge in [-0.25, -0.2) is 0 Å². The number of nitrogens with two attached hydrogens (primary N) is 1. The van der Waals surface area contributed by atoms with Gasteiger partial charge in [0.05, 0.1) is 0 Å². The van der Waals surface area contributed by atoms with Crippen LogP contribution in [0, 0.1) is 6.92 Å². The van der Waals surface area contributed by atoms with Gasteiger partial charge in [-0.3, -0.25) is 0 Å². The third-order valence-corrected chi connectivity index (χ3v) is 4.70. The number of nitrogens with zero attached hydrogens (tertiary/aromatic N) is 1. The molecule has 0 fully saturated rings. The summed E-state index contributed by atoms with van der Waals surface area (Å²) in [7, 11) is 0. The van der Waals surface area contributed by atoms with Crippen LogP contribution in [-0.4, -0.2) is 12.6 Å². The average Bonchev–Trinajstić information content (AvgIpc) is 2.50. The number of rotatable bonds is 3. The van der Waals surface area contributed by atoms with Gasteiger partial charge in [0.25, 0.3) is 0 Å². The molecule has 1 atom stereocenters. The Morgan fingerprint density at radius 3 is 2.71 bits per heavy atom. The van der Waals surface area contributed by atoms with E-state index < -0.39 is 0 Å². The van der Waals surface area contributed by atoms with E-state index in [-0.39, 0.29) is 0 Å². The standard InChI is InChI=1S/C19H24N2/c1-3-21(19-10-5-4-7-14(19)2)16-11-12-17-15(13-16)8-6-9-18(17)20/h4-10,16H,3,11-13,20H2,1-2H3. The molecule has 0 amide bonds. The second-order valence-electron chi connectivity index (χ2n) is 5.95. The maximum absolute atomic E-state index is 6.12. The van der Waals surface area contributed by atoms with Gasteiger partial charge in [0.15, 0.2) is 0 Å². The molecule has 3 rings (SSSR count). The molecule has 0 saturated carbocycles. The van der Waals surface area contributed by atoms with E-state index in [0.29, 0.717) is 6.04 Å². The average molecular weight is 280 g/mol. The first-order chi connectivity index (χ1) is 10.2. The van der Waals surface area contributed by atoms with Crippen LogP contribution in [0.15, 0.2) is 42.5 Å². The normalized spacial score (nSPS) is 17.3. The summed E-state index contributed by atoms with van der Waals surface area (Å²) in [4.78, 5) is 2.56. The minimum absolute atomic E-state index is 0.574. The number of aryl methyl sites for hydroxylation is 1. The van der Waals surface area contributed by atoms with E-state index in [4.69, 9.17) is 5.73 Å². The summed E-state index contributed by atoms with van der Waals surface area (Å²) in [5, 5.41) is 0. The molecule has 0 saturated heterocycles. The predicted molar refractivity (Wildman–Crippen MR) is 90.9 cm³/mol. The number of para-hydroxylation sites is 1. The molecule has 1 aliphatic carbocycles. The molecule has 0 aromatic heterocycles. The third kappa shape index (κ3) is 2.63. The lowest BCUT2D eigenvalue weighted by Gasteiger charge is -2.37. The molecule has 0 radical (unpaired) electrons. The second-order valence-corrected chi connectivity index (χ2v) is 5.95. The number of hydrogen-bond donors (Lipinski definition) is 1. The second kappa shape index (κ2) is 5.80. The SMILES string of the molecule is CCN(c1ccccc1C)C1CCc2c(N)cccc2C1. The Kier molecular flexibility index (Phi) is 3.87. The quantitative estimate of drug-likeness (QED) is 0.862. The fraction of sp³-hybridized carbons (Fsp3) is 0.368. The third-order valence-electron chi connectivity index (χ3n) is 4.70. The van der Waals surface area contributed by atoms with Crippen LogP contribution < -0.4 is 10.6 Å². The molecule has 1 aliphatic rings. The number of fused-ring (bicyclic) bond motifs is 1. The van der Waals surface area contributed by atoms with Crippen LogP contribution in [-0.2, 0) is 12.8 Å². The molecule has 2 nitrogen and oxygen atoms in total. The molecule has 0 bridgehead atoms. The van der Waals surface area contributed by atoms with E-state index in [2.05, 4.69) is 55.1 Å². The number of hydrogen-bond acceptors (Lipinski definition) is 2. The van der Waals surface area contributed by atoms with Crippen LogP contribution in [0.3, 0.4) is 0 Å². The van der Waals surface area contributed by atoms with Gasteiger partial charge in [0, 0.05) is 24.0 Å². The summed E-state index contributed by atoms with van der Waals surface area (Å²) in [5.74, 6) is 0. The monoisotopic (exact) mass is 280 g/mol. The first kappa shape index (κ1) is 14.0. The van der Waals surface area contributed by atoms with Crippen LogP contribution in [0.5, 0.6) is 0 Å². The smallest absolute Gasteiger partial charge is 0.0398 e. The van der Waals surface area contributed by atoms with E-state index in [9.17, 15) is 0 Å². The van der Waals surface area contributed by atoms with E-state index in [0.717, 1.165) is 25.1 Å². The van der Waals surface area contributed by atoms with Crippen molar-refractivity contribution in [1.82, 2.24) is 0 Å². The minimum Gasteiger partial charge on any atom is -0.398 e. The van der Waals surface area contributed by atoms with Crippen molar-refractivity contribution in [3.8, 4) is 0 Å². The molecular formula is C19H24N2. The topological polar surface area (TPSA) is 29.3 Å². The summed E-state index contributed by atoms with van der Waals surface area (Å²) >= 11 is 0. The lowest BCUT2D eigenvalue weighted by molar-refractivity contribution is 0.529. The predicted octanol–water partition coefficient (Wildman–Crippen LogP) is 3.96. The molecule has 0 aliphatic heterocycles. The van der Waals surface area contributed by atoms with Gasteiger partial charge in [0.1, 0.15) is 0 Å². The van der Waals surface area contributed by atoms with Crippen molar-refractivity contribution in [2.45, 2.75) is 39.2 Å². The van der Waals surface area contributed by atoms with Crippen molar-refractivity contribution in [3.05, 3.63) is 59.2 Å². The van der Waals surface area contributed by atoms with Gasteiger partial charge in [-0.1, -0.05) is 30.3 Å². The highest BCUT2D eigenvalue weighted by Gasteiger charge is 2.25. The molecular weight excluding hydrogens is 256 g/mol. The summed E-state index contributed by atoms with van der Waals surface area (Å²) in [6, 6.07) is 15.6. The molecule has 2 N–H and O–H groups in total. The molecule has 0 heterocycles. The lowest BCUT2D eigenvalue weighted by Crippen LogP contribution is -2.39. The van der Waals surface area contributed by atoms with Gasteiger partial charge >= 0.3 is 0 Å². The minimum atomic E-state index is 0.574. The zero-order valence-electron chi connectivity index (χ0n) is 13.0. The first-order valence-electron chi connectivity index (χ1n) is 7.89. The number of anilines is 2. The Labute approximate surface area is 127 Å². The van der Waals surface area contributed by atoms with Gasteiger partial charge in [0.2, 0.25) is 0 Å². The summed E-state index contributed by atoms with van der Waals surface area (Å²) < 4.78 is 0. The maximum Gasteiger partial charge on any atom is 0.0398 e. The van der Waals surface area contributed by atoms with Crippen LogP contribution in [0.1, 0.15) is 30.0 Å². The Morgan fingerprint density at radius 2 is 1.95 bits per heavy atom. The van der Waals surface area contributed by atoms with Gasteiger partial charge in [-0.2, -0.15) is 0 Å². The van der Waals surface area contributed by atoms with E-state index in [1.807, 2.05) is 6.07 Å². The Bertz CT molecular complexity index is 633. The van der Waals surface area contributed by atoms with Crippen molar-refractivity contribution in [3.63, 3.8) is 0 Å². The fourth-order valence-electron chi connectivity index (χ4n) is 3.59. The molecule has 110 valence electrons. The summed E-state index contributed by atoms with van der Waals surface area (Å²) in [5.41, 5.74) is 12.6. The highest BCUT2D eigenvalue weighted by molar-refractivity contribution is 5.56. The number of nitrogen functional groups attached to an aromatic ring is 1. The van der Waals surface area contributed by atoms with E-state index >= 15 is 0 Å². The van der Waals surface area contributed by atoms with Crippen molar-refractivity contribution in [2.75, 3.05) is 17.2 Å². The molecule has 1 unspecified atom stereocenters. The molecule has 21 heavy (non-hydrogen) atoms. The van der Waals surface area contributed by atoms with Crippen molar-refractivity contribution in [1.29, 1.82) is 0 Å². The van der Waals surface area contributed by atoms with Crippen molar-refractivity contribution >= 4 is 11.4 Å².